The number of thioether (sulfide) groups is 1. The Hall–Kier alpha value is -2.49. The van der Waals surface area contributed by atoms with Crippen LogP contribution in [0.3, 0.4) is 0 Å². The van der Waals surface area contributed by atoms with Crippen LogP contribution in [-0.4, -0.2) is 0 Å². The number of nitrogens with two attached hydrogens (primary N) is 1. The van der Waals surface area contributed by atoms with Gasteiger partial charge in [0.05, 0.1) is 0 Å². The fraction of sp³-hybridized carbons (Fsp3) is 0.0833. The Balaban J connectivity index is 1.58. The molecular weight excluding hydrogens is 366 g/mol. The Bertz CT molecular complexity index is 1300. The van der Waals surface area contributed by atoms with E-state index in [-0.39, 0.29) is 0 Å². The van der Waals surface area contributed by atoms with Crippen molar-refractivity contribution in [3.63, 3.8) is 0 Å². The van der Waals surface area contributed by atoms with E-state index in [1.165, 1.54) is 47.0 Å². The first-order valence-corrected chi connectivity index (χ1v) is 10.8. The van der Waals surface area contributed by atoms with Crippen molar-refractivity contribution in [2.45, 2.75) is 17.6 Å². The molecule has 0 unspecified atom stereocenters. The van der Waals surface area contributed by atoms with Gasteiger partial charge in [-0.1, -0.05) is 66.2 Å². The molecule has 5 rings (SSSR count). The van der Waals surface area contributed by atoms with Crippen LogP contribution in [0.5, 0.6) is 0 Å². The minimum absolute atomic E-state index is 0.863. The van der Waals surface area contributed by atoms with Crippen LogP contribution < -0.4 is 5.73 Å². The first-order chi connectivity index (χ1) is 13.2. The highest BCUT2D eigenvalue weighted by atomic mass is 32.2. The molecule has 132 valence electrons. The first-order valence-electron chi connectivity index (χ1n) is 9.01. The Labute approximate surface area is 166 Å². The fourth-order valence-electron chi connectivity index (χ4n) is 3.65. The molecule has 5 aromatic rings. The van der Waals surface area contributed by atoms with Crippen molar-refractivity contribution < 1.29 is 0 Å². The molecular formula is C24H19NS2. The van der Waals surface area contributed by atoms with Crippen LogP contribution in [0.2, 0.25) is 0 Å². The number of nitrogen functional groups attached to an aromatic ring is 1. The molecule has 0 spiro atoms. The number of thiophene rings is 1. The largest absolute Gasteiger partial charge is 0.398 e. The molecule has 0 bridgehead atoms. The average molecular weight is 386 g/mol. The zero-order valence-electron chi connectivity index (χ0n) is 15.0. The molecule has 0 saturated carbocycles. The quantitative estimate of drug-likeness (QED) is 0.259. The van der Waals surface area contributed by atoms with Crippen molar-refractivity contribution in [1.82, 2.24) is 0 Å². The molecule has 0 aliphatic rings. The zero-order valence-corrected chi connectivity index (χ0v) is 16.7. The summed E-state index contributed by atoms with van der Waals surface area (Å²) >= 11 is 3.73. The lowest BCUT2D eigenvalue weighted by molar-refractivity contribution is 1.43. The summed E-state index contributed by atoms with van der Waals surface area (Å²) in [6.07, 6.45) is 0. The van der Waals surface area contributed by atoms with E-state index in [1.54, 1.807) is 0 Å². The summed E-state index contributed by atoms with van der Waals surface area (Å²) in [5, 5.41) is 5.21. The second kappa shape index (κ2) is 6.59. The number of rotatable bonds is 3. The summed E-state index contributed by atoms with van der Waals surface area (Å²) in [6, 6.07) is 26.0. The predicted octanol–water partition coefficient (Wildman–Crippen LogP) is 7.39. The summed E-state index contributed by atoms with van der Waals surface area (Å²) < 4.78 is 2.74. The topological polar surface area (TPSA) is 26.0 Å². The van der Waals surface area contributed by atoms with Crippen molar-refractivity contribution in [2.75, 3.05) is 5.73 Å². The number of anilines is 1. The van der Waals surface area contributed by atoms with Gasteiger partial charge in [-0.3, -0.25) is 0 Å². The van der Waals surface area contributed by atoms with E-state index < -0.39 is 0 Å². The molecule has 3 heteroatoms. The predicted molar refractivity (Wildman–Crippen MR) is 122 cm³/mol. The molecule has 1 nitrogen and oxygen atoms in total. The molecule has 0 aliphatic heterocycles. The molecule has 0 radical (unpaired) electrons. The highest BCUT2D eigenvalue weighted by Gasteiger charge is 2.11. The van der Waals surface area contributed by atoms with E-state index in [9.17, 15) is 0 Å². The van der Waals surface area contributed by atoms with Crippen LogP contribution >= 0.6 is 23.1 Å². The second-order valence-corrected chi connectivity index (χ2v) is 8.93. The highest BCUT2D eigenvalue weighted by Crippen LogP contribution is 2.40. The van der Waals surface area contributed by atoms with Gasteiger partial charge >= 0.3 is 0 Å². The molecule has 0 fully saturated rings. The van der Waals surface area contributed by atoms with Gasteiger partial charge in [0.1, 0.15) is 0 Å². The van der Waals surface area contributed by atoms with Gasteiger partial charge < -0.3 is 5.73 Å². The van der Waals surface area contributed by atoms with Gasteiger partial charge in [0.2, 0.25) is 0 Å². The molecule has 0 saturated heterocycles. The van der Waals surface area contributed by atoms with Gasteiger partial charge in [-0.2, -0.15) is 0 Å². The number of benzene rings is 4. The zero-order chi connectivity index (χ0) is 18.4. The van der Waals surface area contributed by atoms with Crippen LogP contribution in [0, 0.1) is 6.92 Å². The molecule has 1 heterocycles. The maximum Gasteiger partial charge on any atom is 0.0458 e. The third-order valence-electron chi connectivity index (χ3n) is 5.02. The van der Waals surface area contributed by atoms with Crippen molar-refractivity contribution in [1.29, 1.82) is 0 Å². The number of hydrogen-bond donors (Lipinski definition) is 1. The van der Waals surface area contributed by atoms with Crippen LogP contribution in [0.1, 0.15) is 11.1 Å². The van der Waals surface area contributed by atoms with Crippen molar-refractivity contribution in [3.8, 4) is 0 Å². The van der Waals surface area contributed by atoms with E-state index in [1.807, 2.05) is 29.2 Å². The summed E-state index contributed by atoms with van der Waals surface area (Å²) in [7, 11) is 0. The molecule has 2 N–H and O–H groups in total. The first kappa shape index (κ1) is 16.7. The summed E-state index contributed by atoms with van der Waals surface area (Å²) in [5.74, 6) is 0.918. The Kier molecular flexibility index (Phi) is 4.07. The van der Waals surface area contributed by atoms with Crippen molar-refractivity contribution in [3.05, 3.63) is 83.9 Å². The molecule has 27 heavy (non-hydrogen) atoms. The smallest absolute Gasteiger partial charge is 0.0458 e. The molecule has 4 aromatic carbocycles. The maximum absolute atomic E-state index is 6.36. The summed E-state index contributed by atoms with van der Waals surface area (Å²) in [6.45, 7) is 2.13. The third kappa shape index (κ3) is 2.88. The Morgan fingerprint density at radius 2 is 1.67 bits per heavy atom. The number of fused-ring (bicyclic) bond motifs is 4. The minimum atomic E-state index is 0.863. The van der Waals surface area contributed by atoms with Crippen molar-refractivity contribution >= 4 is 59.7 Å². The monoisotopic (exact) mass is 385 g/mol. The Morgan fingerprint density at radius 3 is 2.59 bits per heavy atom. The van der Waals surface area contributed by atoms with Crippen molar-refractivity contribution in [2.24, 2.45) is 0 Å². The van der Waals surface area contributed by atoms with Crippen LogP contribution in [0.15, 0.2) is 77.7 Å². The SMILES string of the molecule is Cc1ccc2ccc(N)c(SCc3cccc4c3sc3ccccc34)c2c1. The van der Waals surface area contributed by atoms with Crippen LogP contribution in [0.4, 0.5) is 5.69 Å². The molecule has 0 atom stereocenters. The summed E-state index contributed by atoms with van der Waals surface area (Å²) in [4.78, 5) is 1.19. The van der Waals surface area contributed by atoms with E-state index in [4.69, 9.17) is 5.73 Å². The lowest BCUT2D eigenvalue weighted by atomic mass is 10.1. The van der Waals surface area contributed by atoms with Gasteiger partial charge in [-0.05, 0) is 35.4 Å². The maximum atomic E-state index is 6.36. The molecule has 0 amide bonds. The fourth-order valence-corrected chi connectivity index (χ4v) is 6.07. The molecule has 0 aliphatic carbocycles. The van der Waals surface area contributed by atoms with Gasteiger partial charge in [0.25, 0.3) is 0 Å². The number of aryl methyl sites for hydroxylation is 1. The van der Waals surface area contributed by atoms with E-state index in [0.29, 0.717) is 0 Å². The van der Waals surface area contributed by atoms with Crippen LogP contribution in [0.25, 0.3) is 30.9 Å². The highest BCUT2D eigenvalue weighted by molar-refractivity contribution is 7.99. The van der Waals surface area contributed by atoms with Gasteiger partial charge in [0.15, 0.2) is 0 Å². The third-order valence-corrected chi connectivity index (χ3v) is 7.48. The lowest BCUT2D eigenvalue weighted by Gasteiger charge is -2.11. The number of hydrogen-bond acceptors (Lipinski definition) is 3. The van der Waals surface area contributed by atoms with E-state index >= 15 is 0 Å². The Morgan fingerprint density at radius 1 is 0.852 bits per heavy atom. The van der Waals surface area contributed by atoms with Crippen LogP contribution in [-0.2, 0) is 5.75 Å². The standard InChI is InChI=1S/C24H19NS2/c1-15-9-10-16-11-12-21(25)24(20(16)13-15)26-14-17-5-4-7-19-18-6-2-3-8-22(18)27-23(17)19/h2-13H,14,25H2,1H3. The van der Waals surface area contributed by atoms with Gasteiger partial charge in [-0.25, -0.2) is 0 Å². The lowest BCUT2D eigenvalue weighted by Crippen LogP contribution is -1.91. The van der Waals surface area contributed by atoms with E-state index in [0.717, 1.165) is 11.4 Å². The van der Waals surface area contributed by atoms with E-state index in [2.05, 4.69) is 73.7 Å². The second-order valence-electron chi connectivity index (χ2n) is 6.89. The van der Waals surface area contributed by atoms with Gasteiger partial charge in [0, 0.05) is 36.5 Å². The minimum Gasteiger partial charge on any atom is -0.398 e. The summed E-state index contributed by atoms with van der Waals surface area (Å²) in [5.41, 5.74) is 9.86. The molecule has 1 aromatic heterocycles. The van der Waals surface area contributed by atoms with Gasteiger partial charge in [-0.15, -0.1) is 23.1 Å². The normalized spacial score (nSPS) is 11.6. The average Bonchev–Trinajstić information content (AvgIpc) is 3.07.